The van der Waals surface area contributed by atoms with Crippen molar-refractivity contribution in [3.63, 3.8) is 0 Å². The highest BCUT2D eigenvalue weighted by atomic mass is 16.2. The van der Waals surface area contributed by atoms with Crippen LogP contribution in [-0.4, -0.2) is 61.4 Å². The van der Waals surface area contributed by atoms with Gasteiger partial charge >= 0.3 is 0 Å². The summed E-state index contributed by atoms with van der Waals surface area (Å²) in [7, 11) is 3.86. The Morgan fingerprint density at radius 1 is 1.27 bits per heavy atom. The molecule has 4 rings (SSSR count). The third-order valence-corrected chi connectivity index (χ3v) is 5.73. The molecule has 4 heterocycles. The lowest BCUT2D eigenvalue weighted by molar-refractivity contribution is -0.130. The summed E-state index contributed by atoms with van der Waals surface area (Å²) in [6.07, 6.45) is 7.64. The molecule has 2 aliphatic heterocycles. The van der Waals surface area contributed by atoms with Crippen molar-refractivity contribution in [1.29, 1.82) is 0 Å². The van der Waals surface area contributed by atoms with Gasteiger partial charge < -0.3 is 18.9 Å². The van der Waals surface area contributed by atoms with Gasteiger partial charge in [-0.05, 0) is 25.0 Å². The number of likely N-dealkylation sites (tertiary alicyclic amines) is 2. The van der Waals surface area contributed by atoms with Crippen LogP contribution in [0.2, 0.25) is 0 Å². The van der Waals surface area contributed by atoms with Crippen LogP contribution in [0.4, 0.5) is 0 Å². The van der Waals surface area contributed by atoms with Gasteiger partial charge in [-0.1, -0.05) is 0 Å². The molecule has 2 amide bonds. The van der Waals surface area contributed by atoms with E-state index in [2.05, 4.69) is 15.6 Å². The first kappa shape index (κ1) is 16.9. The number of rotatable bonds is 4. The molecule has 0 bridgehead atoms. The van der Waals surface area contributed by atoms with Crippen molar-refractivity contribution in [2.45, 2.75) is 25.3 Å². The molecule has 0 aromatic carbocycles. The molecule has 26 heavy (non-hydrogen) atoms. The molecule has 2 aliphatic rings. The molecule has 2 atom stereocenters. The average molecular weight is 355 g/mol. The fourth-order valence-electron chi connectivity index (χ4n) is 4.24. The smallest absolute Gasteiger partial charge is 0.274 e. The van der Waals surface area contributed by atoms with Crippen molar-refractivity contribution in [3.05, 3.63) is 42.2 Å². The molecular formula is C19H25N5O2. The Kier molecular flexibility index (Phi) is 4.30. The topological polar surface area (TPSA) is 63.4 Å². The van der Waals surface area contributed by atoms with E-state index in [1.54, 1.807) is 17.1 Å². The van der Waals surface area contributed by atoms with E-state index in [0.29, 0.717) is 24.6 Å². The molecule has 2 aromatic heterocycles. The highest BCUT2D eigenvalue weighted by molar-refractivity contribution is 5.92. The van der Waals surface area contributed by atoms with Crippen molar-refractivity contribution >= 4 is 11.8 Å². The van der Waals surface area contributed by atoms with E-state index in [1.807, 2.05) is 36.2 Å². The van der Waals surface area contributed by atoms with Crippen molar-refractivity contribution in [1.82, 2.24) is 23.9 Å². The van der Waals surface area contributed by atoms with Crippen LogP contribution in [0.15, 0.2) is 30.9 Å². The van der Waals surface area contributed by atoms with Crippen LogP contribution in [0, 0.1) is 5.92 Å². The first-order valence-corrected chi connectivity index (χ1v) is 9.20. The minimum Gasteiger partial charge on any atom is -0.354 e. The Morgan fingerprint density at radius 3 is 2.81 bits per heavy atom. The van der Waals surface area contributed by atoms with Gasteiger partial charge in [0.05, 0.1) is 12.4 Å². The second kappa shape index (κ2) is 6.63. The van der Waals surface area contributed by atoms with Gasteiger partial charge in [0.2, 0.25) is 5.91 Å². The maximum absolute atomic E-state index is 12.7. The third kappa shape index (κ3) is 3.02. The van der Waals surface area contributed by atoms with Crippen molar-refractivity contribution in [3.8, 4) is 0 Å². The molecular weight excluding hydrogens is 330 g/mol. The summed E-state index contributed by atoms with van der Waals surface area (Å²) in [5.41, 5.74) is 1.66. The molecule has 0 unspecified atom stereocenters. The zero-order chi connectivity index (χ0) is 18.3. The van der Waals surface area contributed by atoms with Gasteiger partial charge in [0, 0.05) is 64.2 Å². The van der Waals surface area contributed by atoms with E-state index < -0.39 is 0 Å². The highest BCUT2D eigenvalue weighted by Gasteiger charge is 2.44. The van der Waals surface area contributed by atoms with E-state index in [1.165, 1.54) is 5.69 Å². The summed E-state index contributed by atoms with van der Waals surface area (Å²) in [6, 6.07) is 4.18. The standard InChI is InChI=1S/C19H25N5O2/c1-21-11-16(20-13-21)19(26)24-9-7-14-10-23(12-17(14)24)18(25)6-5-15-4-3-8-22(15)2/h3-4,8,11,13-14,17H,5-7,9-10,12H2,1-2H3/t14-,17+/m1/s1. The number of imidazole rings is 1. The lowest BCUT2D eigenvalue weighted by atomic mass is 10.1. The summed E-state index contributed by atoms with van der Waals surface area (Å²) >= 11 is 0. The minimum absolute atomic E-state index is 0.0174. The van der Waals surface area contributed by atoms with Crippen LogP contribution < -0.4 is 0 Å². The van der Waals surface area contributed by atoms with Gasteiger partial charge in [-0.2, -0.15) is 0 Å². The van der Waals surface area contributed by atoms with Gasteiger partial charge in [-0.15, -0.1) is 0 Å². The Morgan fingerprint density at radius 2 is 2.12 bits per heavy atom. The predicted octanol–water partition coefficient (Wildman–Crippen LogP) is 1.06. The van der Waals surface area contributed by atoms with Crippen molar-refractivity contribution in [2.24, 2.45) is 20.0 Å². The number of aromatic nitrogens is 3. The lowest BCUT2D eigenvalue weighted by Crippen LogP contribution is -2.40. The molecule has 7 nitrogen and oxygen atoms in total. The molecule has 138 valence electrons. The molecule has 0 aliphatic carbocycles. The summed E-state index contributed by atoms with van der Waals surface area (Å²) in [5, 5.41) is 0. The van der Waals surface area contributed by atoms with Gasteiger partial charge in [-0.3, -0.25) is 9.59 Å². The number of amides is 2. The van der Waals surface area contributed by atoms with Gasteiger partial charge in [-0.25, -0.2) is 4.98 Å². The first-order valence-electron chi connectivity index (χ1n) is 9.20. The van der Waals surface area contributed by atoms with E-state index in [9.17, 15) is 9.59 Å². The molecule has 2 saturated heterocycles. The number of nitrogens with zero attached hydrogens (tertiary/aromatic N) is 5. The minimum atomic E-state index is -0.0174. The Hall–Kier alpha value is -2.57. The Labute approximate surface area is 153 Å². The quantitative estimate of drug-likeness (QED) is 0.824. The number of hydrogen-bond acceptors (Lipinski definition) is 3. The Bertz CT molecular complexity index is 824. The van der Waals surface area contributed by atoms with Crippen LogP contribution in [0.1, 0.15) is 29.0 Å². The summed E-state index contributed by atoms with van der Waals surface area (Å²) in [4.78, 5) is 33.4. The van der Waals surface area contributed by atoms with E-state index >= 15 is 0 Å². The van der Waals surface area contributed by atoms with Crippen LogP contribution in [0.3, 0.4) is 0 Å². The molecule has 0 spiro atoms. The van der Waals surface area contributed by atoms with Gasteiger partial charge in [0.1, 0.15) is 5.69 Å². The van der Waals surface area contributed by atoms with Crippen LogP contribution in [0.25, 0.3) is 0 Å². The van der Waals surface area contributed by atoms with E-state index in [4.69, 9.17) is 0 Å². The van der Waals surface area contributed by atoms with Crippen LogP contribution in [0.5, 0.6) is 0 Å². The SMILES string of the molecule is Cn1cnc(C(=O)N2CC[C@@H]3CN(C(=O)CCc4cccn4C)C[C@@H]32)c1. The maximum atomic E-state index is 12.7. The predicted molar refractivity (Wildman–Crippen MR) is 96.5 cm³/mol. The van der Waals surface area contributed by atoms with Crippen LogP contribution >= 0.6 is 0 Å². The van der Waals surface area contributed by atoms with Gasteiger partial charge in [0.25, 0.3) is 5.91 Å². The molecule has 2 aromatic rings. The zero-order valence-corrected chi connectivity index (χ0v) is 15.3. The molecule has 0 saturated carbocycles. The summed E-state index contributed by atoms with van der Waals surface area (Å²) < 4.78 is 3.84. The van der Waals surface area contributed by atoms with Crippen molar-refractivity contribution < 1.29 is 9.59 Å². The monoisotopic (exact) mass is 355 g/mol. The number of aryl methyl sites for hydroxylation is 3. The highest BCUT2D eigenvalue weighted by Crippen LogP contribution is 2.32. The summed E-state index contributed by atoms with van der Waals surface area (Å²) in [5.74, 6) is 0.559. The first-order chi connectivity index (χ1) is 12.5. The molecule has 0 N–H and O–H groups in total. The zero-order valence-electron chi connectivity index (χ0n) is 15.3. The fourth-order valence-corrected chi connectivity index (χ4v) is 4.24. The normalized spacial score (nSPS) is 22.1. The lowest BCUT2D eigenvalue weighted by Gasteiger charge is -2.24. The van der Waals surface area contributed by atoms with Crippen LogP contribution in [-0.2, 0) is 25.3 Å². The third-order valence-electron chi connectivity index (χ3n) is 5.73. The molecule has 7 heteroatoms. The average Bonchev–Trinajstić information content (AvgIpc) is 3.36. The van der Waals surface area contributed by atoms with E-state index in [-0.39, 0.29) is 17.9 Å². The molecule has 2 fully saturated rings. The number of carbonyl (C=O) groups excluding carboxylic acids is 2. The molecule has 0 radical (unpaired) electrons. The summed E-state index contributed by atoms with van der Waals surface area (Å²) in [6.45, 7) is 2.17. The van der Waals surface area contributed by atoms with Crippen molar-refractivity contribution in [2.75, 3.05) is 19.6 Å². The number of hydrogen-bond donors (Lipinski definition) is 0. The fraction of sp³-hybridized carbons (Fsp3) is 0.526. The maximum Gasteiger partial charge on any atom is 0.274 e. The largest absolute Gasteiger partial charge is 0.354 e. The number of carbonyl (C=O) groups is 2. The van der Waals surface area contributed by atoms with Gasteiger partial charge in [0.15, 0.2) is 0 Å². The second-order valence-corrected chi connectivity index (χ2v) is 7.45. The number of fused-ring (bicyclic) bond motifs is 1. The Balaban J connectivity index is 1.37. The second-order valence-electron chi connectivity index (χ2n) is 7.45. The van der Waals surface area contributed by atoms with E-state index in [0.717, 1.165) is 25.9 Å².